The van der Waals surface area contributed by atoms with Crippen LogP contribution in [0.1, 0.15) is 30.4 Å². The van der Waals surface area contributed by atoms with Crippen molar-refractivity contribution in [2.75, 3.05) is 5.32 Å². The van der Waals surface area contributed by atoms with Crippen LogP contribution in [0.3, 0.4) is 0 Å². The molecule has 1 amide bonds. The SMILES string of the molecule is Cc1ccc(C)c(NC(=O)C2CC3CCC2N3)c1. The van der Waals surface area contributed by atoms with E-state index in [-0.39, 0.29) is 11.8 Å². The molecule has 0 aromatic heterocycles. The molecule has 2 N–H and O–H groups in total. The van der Waals surface area contributed by atoms with E-state index < -0.39 is 0 Å². The fourth-order valence-corrected chi connectivity index (χ4v) is 3.21. The Kier molecular flexibility index (Phi) is 2.86. The molecule has 0 aliphatic carbocycles. The number of aryl methyl sites for hydroxylation is 2. The van der Waals surface area contributed by atoms with E-state index in [0.717, 1.165) is 24.1 Å². The van der Waals surface area contributed by atoms with E-state index >= 15 is 0 Å². The Morgan fingerprint density at radius 1 is 1.33 bits per heavy atom. The number of carbonyl (C=O) groups excluding carboxylic acids is 1. The number of carbonyl (C=O) groups is 1. The van der Waals surface area contributed by atoms with Crippen LogP contribution in [-0.4, -0.2) is 18.0 Å². The monoisotopic (exact) mass is 244 g/mol. The van der Waals surface area contributed by atoms with E-state index in [9.17, 15) is 4.79 Å². The van der Waals surface area contributed by atoms with Crippen molar-refractivity contribution in [1.82, 2.24) is 5.32 Å². The summed E-state index contributed by atoms with van der Waals surface area (Å²) in [5, 5.41) is 6.61. The van der Waals surface area contributed by atoms with Crippen LogP contribution in [0.15, 0.2) is 18.2 Å². The number of hydrogen-bond acceptors (Lipinski definition) is 2. The normalized spacial score (nSPS) is 29.6. The molecule has 2 saturated heterocycles. The molecule has 0 spiro atoms. The summed E-state index contributed by atoms with van der Waals surface area (Å²) in [6, 6.07) is 7.16. The lowest BCUT2D eigenvalue weighted by Gasteiger charge is -2.20. The van der Waals surface area contributed by atoms with Gasteiger partial charge in [-0.3, -0.25) is 4.79 Å². The molecule has 3 atom stereocenters. The van der Waals surface area contributed by atoms with Gasteiger partial charge in [0.25, 0.3) is 0 Å². The van der Waals surface area contributed by atoms with E-state index in [2.05, 4.69) is 22.8 Å². The van der Waals surface area contributed by atoms with Gasteiger partial charge in [-0.05, 0) is 50.3 Å². The van der Waals surface area contributed by atoms with Crippen molar-refractivity contribution in [1.29, 1.82) is 0 Å². The fraction of sp³-hybridized carbons (Fsp3) is 0.533. The van der Waals surface area contributed by atoms with Gasteiger partial charge in [0.05, 0.1) is 5.92 Å². The first-order valence-electron chi connectivity index (χ1n) is 6.77. The molecule has 1 aromatic carbocycles. The van der Waals surface area contributed by atoms with Gasteiger partial charge < -0.3 is 10.6 Å². The van der Waals surface area contributed by atoms with Crippen molar-refractivity contribution < 1.29 is 4.79 Å². The molecule has 2 aliphatic rings. The van der Waals surface area contributed by atoms with E-state index in [1.807, 2.05) is 19.9 Å². The second kappa shape index (κ2) is 4.39. The van der Waals surface area contributed by atoms with Crippen LogP contribution < -0.4 is 10.6 Å². The topological polar surface area (TPSA) is 41.1 Å². The third kappa shape index (κ3) is 2.03. The highest BCUT2D eigenvalue weighted by Crippen LogP contribution is 2.34. The van der Waals surface area contributed by atoms with Crippen LogP contribution >= 0.6 is 0 Å². The fourth-order valence-electron chi connectivity index (χ4n) is 3.21. The molecule has 1 aromatic rings. The molecular weight excluding hydrogens is 224 g/mol. The number of amides is 1. The van der Waals surface area contributed by atoms with Crippen LogP contribution in [0.25, 0.3) is 0 Å². The Bertz CT molecular complexity index is 483. The predicted octanol–water partition coefficient (Wildman–Crippen LogP) is 2.38. The van der Waals surface area contributed by atoms with Gasteiger partial charge in [-0.1, -0.05) is 12.1 Å². The minimum Gasteiger partial charge on any atom is -0.326 e. The third-order valence-corrected chi connectivity index (χ3v) is 4.29. The summed E-state index contributed by atoms with van der Waals surface area (Å²) < 4.78 is 0. The summed E-state index contributed by atoms with van der Waals surface area (Å²) in [6.07, 6.45) is 3.38. The van der Waals surface area contributed by atoms with E-state index in [1.165, 1.54) is 12.0 Å². The molecule has 3 rings (SSSR count). The zero-order valence-corrected chi connectivity index (χ0v) is 11.0. The number of anilines is 1. The molecule has 0 saturated carbocycles. The molecule has 2 fully saturated rings. The molecule has 3 nitrogen and oxygen atoms in total. The minimum atomic E-state index is 0.156. The van der Waals surface area contributed by atoms with Crippen LogP contribution in [0.4, 0.5) is 5.69 Å². The Morgan fingerprint density at radius 3 is 2.83 bits per heavy atom. The maximum atomic E-state index is 12.3. The quantitative estimate of drug-likeness (QED) is 0.838. The lowest BCUT2D eigenvalue weighted by Crippen LogP contribution is -2.33. The van der Waals surface area contributed by atoms with Crippen LogP contribution in [0.2, 0.25) is 0 Å². The molecule has 96 valence electrons. The Balaban J connectivity index is 1.72. The molecule has 3 unspecified atom stereocenters. The second-order valence-corrected chi connectivity index (χ2v) is 5.70. The van der Waals surface area contributed by atoms with E-state index in [1.54, 1.807) is 0 Å². The van der Waals surface area contributed by atoms with Gasteiger partial charge in [0, 0.05) is 17.8 Å². The van der Waals surface area contributed by atoms with Gasteiger partial charge in [-0.25, -0.2) is 0 Å². The number of fused-ring (bicyclic) bond motifs is 2. The standard InChI is InChI=1S/C15H20N2O/c1-9-3-4-10(2)14(7-9)17-15(18)12-8-11-5-6-13(12)16-11/h3-4,7,11-13,16H,5-6,8H2,1-2H3,(H,17,18). The summed E-state index contributed by atoms with van der Waals surface area (Å²) in [6.45, 7) is 4.09. The molecule has 2 bridgehead atoms. The molecular formula is C15H20N2O. The molecule has 0 radical (unpaired) electrons. The van der Waals surface area contributed by atoms with Crippen molar-refractivity contribution in [2.24, 2.45) is 5.92 Å². The lowest BCUT2D eigenvalue weighted by molar-refractivity contribution is -0.120. The summed E-state index contributed by atoms with van der Waals surface area (Å²) in [5.41, 5.74) is 3.27. The van der Waals surface area contributed by atoms with Crippen molar-refractivity contribution in [3.8, 4) is 0 Å². The average Bonchev–Trinajstić information content (AvgIpc) is 2.96. The van der Waals surface area contributed by atoms with Gasteiger partial charge in [-0.15, -0.1) is 0 Å². The van der Waals surface area contributed by atoms with E-state index in [4.69, 9.17) is 0 Å². The highest BCUT2D eigenvalue weighted by Gasteiger charge is 2.42. The first-order chi connectivity index (χ1) is 8.63. The molecule has 18 heavy (non-hydrogen) atoms. The average molecular weight is 244 g/mol. The zero-order chi connectivity index (χ0) is 12.7. The van der Waals surface area contributed by atoms with Gasteiger partial charge in [0.15, 0.2) is 0 Å². The Hall–Kier alpha value is -1.35. The minimum absolute atomic E-state index is 0.156. The van der Waals surface area contributed by atoms with Crippen LogP contribution in [-0.2, 0) is 4.79 Å². The van der Waals surface area contributed by atoms with Gasteiger partial charge in [0.2, 0.25) is 5.91 Å². The predicted molar refractivity (Wildman–Crippen MR) is 72.6 cm³/mol. The van der Waals surface area contributed by atoms with Gasteiger partial charge in [0.1, 0.15) is 0 Å². The number of rotatable bonds is 2. The Morgan fingerprint density at radius 2 is 2.17 bits per heavy atom. The smallest absolute Gasteiger partial charge is 0.229 e. The Labute approximate surface area is 108 Å². The molecule has 3 heteroatoms. The first-order valence-corrected chi connectivity index (χ1v) is 6.77. The molecule has 2 heterocycles. The third-order valence-electron chi connectivity index (χ3n) is 4.29. The largest absolute Gasteiger partial charge is 0.326 e. The van der Waals surface area contributed by atoms with E-state index in [0.29, 0.717) is 12.1 Å². The first kappa shape index (κ1) is 11.7. The second-order valence-electron chi connectivity index (χ2n) is 5.70. The van der Waals surface area contributed by atoms with Crippen LogP contribution in [0.5, 0.6) is 0 Å². The van der Waals surface area contributed by atoms with Crippen molar-refractivity contribution in [2.45, 2.75) is 45.2 Å². The highest BCUT2D eigenvalue weighted by atomic mass is 16.2. The lowest BCUT2D eigenvalue weighted by atomic mass is 9.88. The zero-order valence-electron chi connectivity index (χ0n) is 11.0. The number of nitrogens with one attached hydrogen (secondary N) is 2. The van der Waals surface area contributed by atoms with Crippen LogP contribution in [0, 0.1) is 19.8 Å². The summed E-state index contributed by atoms with van der Waals surface area (Å²) in [7, 11) is 0. The molecule has 2 aliphatic heterocycles. The summed E-state index contributed by atoms with van der Waals surface area (Å²) in [4.78, 5) is 12.3. The maximum Gasteiger partial charge on any atom is 0.229 e. The number of benzene rings is 1. The van der Waals surface area contributed by atoms with Gasteiger partial charge >= 0.3 is 0 Å². The maximum absolute atomic E-state index is 12.3. The summed E-state index contributed by atoms with van der Waals surface area (Å²) in [5.74, 6) is 0.340. The summed E-state index contributed by atoms with van der Waals surface area (Å²) >= 11 is 0. The van der Waals surface area contributed by atoms with Gasteiger partial charge in [-0.2, -0.15) is 0 Å². The van der Waals surface area contributed by atoms with Crippen molar-refractivity contribution >= 4 is 11.6 Å². The number of hydrogen-bond donors (Lipinski definition) is 2. The highest BCUT2D eigenvalue weighted by molar-refractivity contribution is 5.94. The van der Waals surface area contributed by atoms with Crippen molar-refractivity contribution in [3.63, 3.8) is 0 Å². The van der Waals surface area contributed by atoms with Crippen molar-refractivity contribution in [3.05, 3.63) is 29.3 Å².